The number of para-hydroxylation sites is 2. The molecule has 2 N–H and O–H groups in total. The lowest BCUT2D eigenvalue weighted by Gasteiger charge is -2.28. The van der Waals surface area contributed by atoms with Crippen molar-refractivity contribution in [1.29, 1.82) is 0 Å². The number of aromatic nitrogens is 2. The highest BCUT2D eigenvalue weighted by atomic mass is 16.3. The van der Waals surface area contributed by atoms with Crippen molar-refractivity contribution >= 4 is 11.0 Å². The van der Waals surface area contributed by atoms with Crippen LogP contribution in [0.15, 0.2) is 24.3 Å². The molecule has 0 bridgehead atoms. The van der Waals surface area contributed by atoms with E-state index in [1.54, 1.807) is 0 Å². The fourth-order valence-corrected chi connectivity index (χ4v) is 2.93. The third-order valence-corrected chi connectivity index (χ3v) is 4.13. The van der Waals surface area contributed by atoms with Crippen LogP contribution in [0, 0.1) is 0 Å². The minimum Gasteiger partial charge on any atom is -0.392 e. The van der Waals surface area contributed by atoms with Crippen molar-refractivity contribution in [3.05, 3.63) is 30.1 Å². The van der Waals surface area contributed by atoms with Crippen molar-refractivity contribution in [2.75, 3.05) is 0 Å². The minimum atomic E-state index is -0.205. The predicted octanol–water partition coefficient (Wildman–Crippen LogP) is 1.97. The topological polar surface area (TPSA) is 50.1 Å². The lowest BCUT2D eigenvalue weighted by Crippen LogP contribution is -2.41. The maximum Gasteiger partial charge on any atom is 0.123 e. The van der Waals surface area contributed by atoms with Gasteiger partial charge in [0.15, 0.2) is 0 Å². The molecule has 2 atom stereocenters. The maximum absolute atomic E-state index is 9.97. The van der Waals surface area contributed by atoms with Crippen molar-refractivity contribution in [2.45, 2.75) is 44.4 Å². The molecule has 0 saturated heterocycles. The van der Waals surface area contributed by atoms with Crippen LogP contribution in [-0.4, -0.2) is 26.8 Å². The Bertz CT molecular complexity index is 564. The number of nitrogens with zero attached hydrogens (tertiary/aromatic N) is 2. The number of fused-ring (bicyclic) bond motifs is 1. The molecule has 1 aliphatic rings. The molecule has 0 unspecified atom stereocenters. The Morgan fingerprint density at radius 3 is 2.89 bits per heavy atom. The summed E-state index contributed by atoms with van der Waals surface area (Å²) >= 11 is 0. The molecule has 1 aliphatic carbocycles. The van der Waals surface area contributed by atoms with E-state index in [2.05, 4.69) is 20.9 Å². The largest absolute Gasteiger partial charge is 0.392 e. The fourth-order valence-electron chi connectivity index (χ4n) is 2.93. The normalized spacial score (nSPS) is 23.9. The quantitative estimate of drug-likeness (QED) is 0.886. The van der Waals surface area contributed by atoms with E-state index in [0.29, 0.717) is 6.54 Å². The molecular weight excluding hydrogens is 238 g/mol. The second-order valence-corrected chi connectivity index (χ2v) is 5.41. The molecule has 19 heavy (non-hydrogen) atoms. The summed E-state index contributed by atoms with van der Waals surface area (Å²) in [5, 5.41) is 13.4. The molecule has 0 aliphatic heterocycles. The first-order chi connectivity index (χ1) is 9.25. The molecule has 4 heteroatoms. The van der Waals surface area contributed by atoms with Gasteiger partial charge in [-0.05, 0) is 25.0 Å². The van der Waals surface area contributed by atoms with Gasteiger partial charge in [0.25, 0.3) is 0 Å². The van der Waals surface area contributed by atoms with Crippen LogP contribution >= 0.6 is 0 Å². The van der Waals surface area contributed by atoms with E-state index in [9.17, 15) is 5.11 Å². The van der Waals surface area contributed by atoms with Crippen LogP contribution in [0.2, 0.25) is 0 Å². The van der Waals surface area contributed by atoms with E-state index in [-0.39, 0.29) is 12.1 Å². The van der Waals surface area contributed by atoms with Gasteiger partial charge in [-0.3, -0.25) is 0 Å². The highest BCUT2D eigenvalue weighted by molar-refractivity contribution is 5.75. The molecule has 0 amide bonds. The number of aryl methyl sites for hydroxylation is 1. The number of hydrogen-bond donors (Lipinski definition) is 2. The van der Waals surface area contributed by atoms with Gasteiger partial charge in [0, 0.05) is 13.1 Å². The zero-order valence-corrected chi connectivity index (χ0v) is 11.3. The van der Waals surface area contributed by atoms with E-state index < -0.39 is 0 Å². The molecule has 1 fully saturated rings. The molecular formula is C15H21N3O. The van der Waals surface area contributed by atoms with Crippen LogP contribution in [0.5, 0.6) is 0 Å². The Kier molecular flexibility index (Phi) is 3.53. The van der Waals surface area contributed by atoms with Gasteiger partial charge in [0.05, 0.1) is 23.7 Å². The first kappa shape index (κ1) is 12.6. The summed E-state index contributed by atoms with van der Waals surface area (Å²) in [4.78, 5) is 4.64. The van der Waals surface area contributed by atoms with Crippen molar-refractivity contribution in [1.82, 2.24) is 14.9 Å². The Hall–Kier alpha value is -1.39. The van der Waals surface area contributed by atoms with Gasteiger partial charge < -0.3 is 15.0 Å². The summed E-state index contributed by atoms with van der Waals surface area (Å²) < 4.78 is 2.12. The lowest BCUT2D eigenvalue weighted by atomic mass is 9.93. The van der Waals surface area contributed by atoms with Crippen molar-refractivity contribution < 1.29 is 5.11 Å². The smallest absolute Gasteiger partial charge is 0.123 e. The molecule has 4 nitrogen and oxygen atoms in total. The average Bonchev–Trinajstić information content (AvgIpc) is 2.75. The summed E-state index contributed by atoms with van der Waals surface area (Å²) in [7, 11) is 2.05. The number of nitrogens with one attached hydrogen (secondary N) is 1. The van der Waals surface area contributed by atoms with Crippen LogP contribution < -0.4 is 5.32 Å². The first-order valence-corrected chi connectivity index (χ1v) is 7.07. The number of aliphatic hydroxyl groups excluding tert-OH is 1. The van der Waals surface area contributed by atoms with Crippen molar-refractivity contribution in [3.8, 4) is 0 Å². The third kappa shape index (κ3) is 2.51. The Labute approximate surface area is 113 Å². The van der Waals surface area contributed by atoms with Gasteiger partial charge in [-0.25, -0.2) is 4.98 Å². The summed E-state index contributed by atoms with van der Waals surface area (Å²) in [6, 6.07) is 8.38. The van der Waals surface area contributed by atoms with Gasteiger partial charge >= 0.3 is 0 Å². The summed E-state index contributed by atoms with van der Waals surface area (Å²) in [5.41, 5.74) is 2.19. The molecule has 1 saturated carbocycles. The SMILES string of the molecule is Cn1c(CN[C@H]2CCCC[C@H]2O)nc2ccccc21. The zero-order chi connectivity index (χ0) is 13.2. The van der Waals surface area contributed by atoms with Crippen LogP contribution in [-0.2, 0) is 13.6 Å². The summed E-state index contributed by atoms with van der Waals surface area (Å²) in [5.74, 6) is 1.03. The van der Waals surface area contributed by atoms with E-state index >= 15 is 0 Å². The number of imidazole rings is 1. The standard InChI is InChI=1S/C15H21N3O/c1-18-13-8-4-2-6-11(13)17-15(18)10-16-12-7-3-5-9-14(12)19/h2,4,6,8,12,14,16,19H,3,5,7,9-10H2,1H3/t12-,14+/m0/s1. The third-order valence-electron chi connectivity index (χ3n) is 4.13. The molecule has 3 rings (SSSR count). The maximum atomic E-state index is 9.97. The second kappa shape index (κ2) is 5.31. The Morgan fingerprint density at radius 1 is 1.32 bits per heavy atom. The van der Waals surface area contributed by atoms with Crippen LogP contribution in [0.1, 0.15) is 31.5 Å². The molecule has 102 valence electrons. The van der Waals surface area contributed by atoms with Crippen LogP contribution in [0.25, 0.3) is 11.0 Å². The number of benzene rings is 1. The fraction of sp³-hybridized carbons (Fsp3) is 0.533. The predicted molar refractivity (Wildman–Crippen MR) is 75.8 cm³/mol. The van der Waals surface area contributed by atoms with E-state index in [0.717, 1.165) is 36.1 Å². The zero-order valence-electron chi connectivity index (χ0n) is 11.3. The highest BCUT2D eigenvalue weighted by Gasteiger charge is 2.22. The van der Waals surface area contributed by atoms with E-state index in [1.807, 2.05) is 25.2 Å². The molecule has 1 aromatic carbocycles. The molecule has 0 spiro atoms. The van der Waals surface area contributed by atoms with Gasteiger partial charge in [-0.2, -0.15) is 0 Å². The molecule has 1 heterocycles. The van der Waals surface area contributed by atoms with Gasteiger partial charge in [0.1, 0.15) is 5.82 Å². The minimum absolute atomic E-state index is 0.205. The average molecular weight is 259 g/mol. The van der Waals surface area contributed by atoms with Crippen molar-refractivity contribution in [2.24, 2.45) is 7.05 Å². The van der Waals surface area contributed by atoms with Gasteiger partial charge in [-0.15, -0.1) is 0 Å². The second-order valence-electron chi connectivity index (χ2n) is 5.41. The highest BCUT2D eigenvalue weighted by Crippen LogP contribution is 2.19. The summed E-state index contributed by atoms with van der Waals surface area (Å²) in [6.07, 6.45) is 4.12. The molecule has 2 aromatic rings. The summed E-state index contributed by atoms with van der Waals surface area (Å²) in [6.45, 7) is 0.715. The lowest BCUT2D eigenvalue weighted by molar-refractivity contribution is 0.0898. The van der Waals surface area contributed by atoms with E-state index in [4.69, 9.17) is 0 Å². The Morgan fingerprint density at radius 2 is 2.11 bits per heavy atom. The van der Waals surface area contributed by atoms with Crippen molar-refractivity contribution in [3.63, 3.8) is 0 Å². The van der Waals surface area contributed by atoms with Crippen LogP contribution in [0.3, 0.4) is 0 Å². The number of hydrogen-bond acceptors (Lipinski definition) is 3. The molecule has 1 aromatic heterocycles. The number of aliphatic hydroxyl groups is 1. The van der Waals surface area contributed by atoms with Gasteiger partial charge in [-0.1, -0.05) is 25.0 Å². The van der Waals surface area contributed by atoms with Crippen LogP contribution in [0.4, 0.5) is 0 Å². The Balaban J connectivity index is 1.73. The first-order valence-electron chi connectivity index (χ1n) is 7.07. The molecule has 0 radical (unpaired) electrons. The monoisotopic (exact) mass is 259 g/mol. The number of rotatable bonds is 3. The van der Waals surface area contributed by atoms with Gasteiger partial charge in [0.2, 0.25) is 0 Å². The van der Waals surface area contributed by atoms with E-state index in [1.165, 1.54) is 6.42 Å².